The Kier molecular flexibility index (Phi) is 5.84. The molecule has 0 saturated carbocycles. The fourth-order valence-electron chi connectivity index (χ4n) is 2.49. The largest absolute Gasteiger partial charge is 0.465 e. The highest BCUT2D eigenvalue weighted by atomic mass is 32.2. The maximum atomic E-state index is 11.8. The minimum atomic E-state index is -0.565. The molecule has 0 amide bonds. The number of esters is 1. The first-order valence-electron chi connectivity index (χ1n) is 8.56. The molecule has 0 bridgehead atoms. The van der Waals surface area contributed by atoms with E-state index in [2.05, 4.69) is 28.9 Å². The highest BCUT2D eigenvalue weighted by molar-refractivity contribution is 7.98. The molecule has 0 radical (unpaired) electrons. The zero-order valence-corrected chi connectivity index (χ0v) is 16.9. The summed E-state index contributed by atoms with van der Waals surface area (Å²) in [5.41, 5.74) is 7.43. The Morgan fingerprint density at radius 3 is 2.54 bits per heavy atom. The van der Waals surface area contributed by atoms with Gasteiger partial charge in [-0.3, -0.25) is 0 Å². The van der Waals surface area contributed by atoms with Gasteiger partial charge in [0.05, 0.1) is 13.3 Å². The Morgan fingerprint density at radius 2 is 1.93 bits per heavy atom. The Labute approximate surface area is 167 Å². The highest BCUT2D eigenvalue weighted by Gasteiger charge is 2.18. The molecule has 0 unspecified atom stereocenters. The summed E-state index contributed by atoms with van der Waals surface area (Å²) in [6.45, 7) is 4.27. The van der Waals surface area contributed by atoms with E-state index >= 15 is 0 Å². The number of thioether (sulfide) groups is 1. The number of aromatic nitrogens is 4. The van der Waals surface area contributed by atoms with Crippen LogP contribution in [0.15, 0.2) is 41.7 Å². The molecule has 2 N–H and O–H groups in total. The highest BCUT2D eigenvalue weighted by Crippen LogP contribution is 2.26. The van der Waals surface area contributed by atoms with Crippen molar-refractivity contribution in [3.05, 3.63) is 47.7 Å². The van der Waals surface area contributed by atoms with Gasteiger partial charge in [0.15, 0.2) is 11.0 Å². The molecule has 2 aromatic heterocycles. The van der Waals surface area contributed by atoms with Crippen molar-refractivity contribution < 1.29 is 14.3 Å². The Morgan fingerprint density at radius 1 is 1.21 bits per heavy atom. The normalized spacial score (nSPS) is 10.9. The second kappa shape index (κ2) is 8.30. The predicted octanol–water partition coefficient (Wildman–Crippen LogP) is 3.67. The van der Waals surface area contributed by atoms with Gasteiger partial charge < -0.3 is 15.2 Å². The van der Waals surface area contributed by atoms with Crippen molar-refractivity contribution in [1.29, 1.82) is 0 Å². The van der Waals surface area contributed by atoms with Crippen LogP contribution < -0.4 is 10.5 Å². The van der Waals surface area contributed by atoms with E-state index in [0.717, 1.165) is 0 Å². The quantitative estimate of drug-likeness (QED) is 0.380. The van der Waals surface area contributed by atoms with Gasteiger partial charge >= 0.3 is 5.97 Å². The van der Waals surface area contributed by atoms with Crippen LogP contribution in [0.2, 0.25) is 0 Å². The number of hydrogen-bond donors (Lipinski definition) is 1. The standard InChI is InChI=1S/C19H21N5O3S/c1-11(2)12-5-7-13(8-6-12)27-16-9-15(22-19(23-16)28-4)24-17(20)14(10-21-24)18(25)26-3/h5-11H,20H2,1-4H3. The van der Waals surface area contributed by atoms with Crippen molar-refractivity contribution in [3.63, 3.8) is 0 Å². The van der Waals surface area contributed by atoms with Crippen LogP contribution in [-0.4, -0.2) is 39.1 Å². The molecule has 0 aliphatic rings. The van der Waals surface area contributed by atoms with Crippen molar-refractivity contribution in [2.45, 2.75) is 24.9 Å². The minimum Gasteiger partial charge on any atom is -0.465 e. The lowest BCUT2D eigenvalue weighted by atomic mass is 10.0. The average Bonchev–Trinajstić information content (AvgIpc) is 3.09. The second-order valence-electron chi connectivity index (χ2n) is 6.22. The molecule has 0 saturated heterocycles. The summed E-state index contributed by atoms with van der Waals surface area (Å²) in [6, 6.07) is 9.44. The summed E-state index contributed by atoms with van der Waals surface area (Å²) in [6.07, 6.45) is 3.19. The number of carbonyl (C=O) groups excluding carboxylic acids is 1. The number of rotatable bonds is 6. The van der Waals surface area contributed by atoms with E-state index in [4.69, 9.17) is 15.2 Å². The molecular formula is C19H21N5O3S. The van der Waals surface area contributed by atoms with Crippen molar-refractivity contribution in [1.82, 2.24) is 19.7 Å². The molecule has 0 atom stereocenters. The lowest BCUT2D eigenvalue weighted by molar-refractivity contribution is 0.0602. The number of nitrogen functional groups attached to an aromatic ring is 1. The van der Waals surface area contributed by atoms with Gasteiger partial charge in [0.1, 0.15) is 17.1 Å². The molecule has 146 valence electrons. The zero-order chi connectivity index (χ0) is 20.3. The van der Waals surface area contributed by atoms with Crippen LogP contribution in [0.3, 0.4) is 0 Å². The SMILES string of the molecule is COC(=O)c1cnn(-c2cc(Oc3ccc(C(C)C)cc3)nc(SC)n2)c1N. The summed E-state index contributed by atoms with van der Waals surface area (Å²) in [7, 11) is 1.28. The number of methoxy groups -OCH3 is 1. The third-order valence-corrected chi connectivity index (χ3v) is 4.60. The van der Waals surface area contributed by atoms with Gasteiger partial charge in [-0.2, -0.15) is 14.8 Å². The van der Waals surface area contributed by atoms with E-state index < -0.39 is 5.97 Å². The third kappa shape index (κ3) is 4.09. The van der Waals surface area contributed by atoms with E-state index in [1.165, 1.54) is 35.3 Å². The molecule has 0 aliphatic heterocycles. The predicted molar refractivity (Wildman–Crippen MR) is 107 cm³/mol. The number of carbonyl (C=O) groups is 1. The monoisotopic (exact) mass is 399 g/mol. The van der Waals surface area contributed by atoms with Gasteiger partial charge in [0.25, 0.3) is 0 Å². The summed E-state index contributed by atoms with van der Waals surface area (Å²) >= 11 is 1.36. The van der Waals surface area contributed by atoms with Gasteiger partial charge in [-0.1, -0.05) is 37.7 Å². The Hall–Kier alpha value is -3.07. The molecule has 1 aromatic carbocycles. The molecule has 9 heteroatoms. The number of hydrogen-bond acceptors (Lipinski definition) is 8. The zero-order valence-electron chi connectivity index (χ0n) is 16.0. The van der Waals surface area contributed by atoms with Crippen molar-refractivity contribution in [2.24, 2.45) is 0 Å². The molecule has 28 heavy (non-hydrogen) atoms. The number of nitrogens with two attached hydrogens (primary N) is 1. The summed E-state index contributed by atoms with van der Waals surface area (Å²) < 4.78 is 12.0. The molecule has 3 aromatic rings. The van der Waals surface area contributed by atoms with Gasteiger partial charge in [0.2, 0.25) is 5.88 Å². The van der Waals surface area contributed by atoms with Crippen molar-refractivity contribution >= 4 is 23.5 Å². The molecule has 3 rings (SSSR count). The minimum absolute atomic E-state index is 0.129. The molecule has 2 heterocycles. The van der Waals surface area contributed by atoms with E-state index in [0.29, 0.717) is 28.5 Å². The van der Waals surface area contributed by atoms with E-state index in [-0.39, 0.29) is 11.4 Å². The van der Waals surface area contributed by atoms with Crippen LogP contribution in [0.5, 0.6) is 11.6 Å². The maximum absolute atomic E-state index is 11.8. The smallest absolute Gasteiger partial charge is 0.343 e. The first-order valence-corrected chi connectivity index (χ1v) is 9.78. The first kappa shape index (κ1) is 19.7. The fraction of sp³-hybridized carbons (Fsp3) is 0.263. The first-order chi connectivity index (χ1) is 13.4. The number of anilines is 1. The van der Waals surface area contributed by atoms with Gasteiger partial charge in [-0.05, 0) is 29.9 Å². The molecule has 0 spiro atoms. The van der Waals surface area contributed by atoms with Crippen LogP contribution in [0.25, 0.3) is 5.82 Å². The second-order valence-corrected chi connectivity index (χ2v) is 7.00. The van der Waals surface area contributed by atoms with Crippen LogP contribution in [-0.2, 0) is 4.74 Å². The summed E-state index contributed by atoms with van der Waals surface area (Å²) in [5.74, 6) is 1.40. The lowest BCUT2D eigenvalue weighted by Gasteiger charge is -2.10. The number of nitrogens with zero attached hydrogens (tertiary/aromatic N) is 4. The number of benzene rings is 1. The van der Waals surface area contributed by atoms with Crippen molar-refractivity contribution in [2.75, 3.05) is 19.1 Å². The third-order valence-electron chi connectivity index (χ3n) is 4.05. The Bertz CT molecular complexity index is 986. The van der Waals surface area contributed by atoms with Gasteiger partial charge in [-0.25, -0.2) is 9.78 Å². The molecule has 0 fully saturated rings. The summed E-state index contributed by atoms with van der Waals surface area (Å²) in [5, 5.41) is 4.63. The van der Waals surface area contributed by atoms with Gasteiger partial charge in [-0.15, -0.1) is 0 Å². The summed E-state index contributed by atoms with van der Waals surface area (Å²) in [4.78, 5) is 20.5. The lowest BCUT2D eigenvalue weighted by Crippen LogP contribution is -2.09. The topological polar surface area (TPSA) is 105 Å². The van der Waals surface area contributed by atoms with Gasteiger partial charge in [0, 0.05) is 6.07 Å². The fourth-order valence-corrected chi connectivity index (χ4v) is 2.86. The van der Waals surface area contributed by atoms with Crippen molar-refractivity contribution in [3.8, 4) is 17.4 Å². The average molecular weight is 399 g/mol. The molecular weight excluding hydrogens is 378 g/mol. The van der Waals surface area contributed by atoms with E-state index in [1.54, 1.807) is 6.07 Å². The maximum Gasteiger partial charge on any atom is 0.343 e. The van der Waals surface area contributed by atoms with Crippen LogP contribution in [0.4, 0.5) is 5.82 Å². The number of ether oxygens (including phenoxy) is 2. The molecule has 8 nitrogen and oxygen atoms in total. The molecule has 0 aliphatic carbocycles. The van der Waals surface area contributed by atoms with Crippen LogP contribution in [0, 0.1) is 0 Å². The van der Waals surface area contributed by atoms with E-state index in [9.17, 15) is 4.79 Å². The Balaban J connectivity index is 1.94. The van der Waals surface area contributed by atoms with Crippen LogP contribution in [0.1, 0.15) is 35.7 Å². The van der Waals surface area contributed by atoms with Crippen LogP contribution >= 0.6 is 11.8 Å². The van der Waals surface area contributed by atoms with E-state index in [1.807, 2.05) is 30.5 Å².